The van der Waals surface area contributed by atoms with Crippen molar-refractivity contribution in [3.05, 3.63) is 59.4 Å². The summed E-state index contributed by atoms with van der Waals surface area (Å²) >= 11 is 0. The van der Waals surface area contributed by atoms with E-state index in [-0.39, 0.29) is 11.7 Å². The van der Waals surface area contributed by atoms with E-state index in [9.17, 15) is 9.18 Å². The van der Waals surface area contributed by atoms with Gasteiger partial charge in [-0.2, -0.15) is 0 Å². The Bertz CT molecular complexity index is 726. The lowest BCUT2D eigenvalue weighted by Gasteiger charge is -2.27. The van der Waals surface area contributed by atoms with Gasteiger partial charge in [0.25, 0.3) is 0 Å². The van der Waals surface area contributed by atoms with Crippen molar-refractivity contribution in [2.75, 3.05) is 14.2 Å². The molecular weight excluding hydrogens is 321 g/mol. The molecule has 0 saturated heterocycles. The summed E-state index contributed by atoms with van der Waals surface area (Å²) in [5, 5.41) is 3.00. The third-order valence-electron chi connectivity index (χ3n) is 4.11. The molecule has 0 aliphatic carbocycles. The van der Waals surface area contributed by atoms with Crippen LogP contribution in [0.25, 0.3) is 0 Å². The van der Waals surface area contributed by atoms with Crippen molar-refractivity contribution in [2.24, 2.45) is 0 Å². The second-order valence-electron chi connectivity index (χ2n) is 6.37. The first-order chi connectivity index (χ1) is 11.9. The molecule has 134 valence electrons. The first-order valence-corrected chi connectivity index (χ1v) is 8.13. The normalized spacial score (nSPS) is 11.1. The first kappa shape index (κ1) is 18.8. The Hall–Kier alpha value is -2.56. The van der Waals surface area contributed by atoms with Crippen LogP contribution in [0.3, 0.4) is 0 Å². The summed E-state index contributed by atoms with van der Waals surface area (Å²) in [5.74, 6) is 0.948. The molecule has 5 heteroatoms. The van der Waals surface area contributed by atoms with E-state index in [0.717, 1.165) is 11.1 Å². The van der Waals surface area contributed by atoms with Crippen molar-refractivity contribution >= 4 is 5.91 Å². The molecule has 2 rings (SSSR count). The number of methoxy groups -OCH3 is 2. The van der Waals surface area contributed by atoms with E-state index in [2.05, 4.69) is 5.32 Å². The minimum absolute atomic E-state index is 0.0656. The highest BCUT2D eigenvalue weighted by Gasteiger charge is 2.22. The lowest BCUT2D eigenvalue weighted by Crippen LogP contribution is -2.41. The van der Waals surface area contributed by atoms with E-state index < -0.39 is 5.54 Å². The Morgan fingerprint density at radius 2 is 1.68 bits per heavy atom. The fourth-order valence-electron chi connectivity index (χ4n) is 2.64. The number of carbonyl (C=O) groups is 1. The van der Waals surface area contributed by atoms with Crippen LogP contribution in [0.5, 0.6) is 11.5 Å². The van der Waals surface area contributed by atoms with Gasteiger partial charge < -0.3 is 14.8 Å². The van der Waals surface area contributed by atoms with E-state index in [1.165, 1.54) is 12.1 Å². The number of ether oxygens (including phenoxy) is 2. The number of halogens is 1. The molecule has 0 aliphatic heterocycles. The second kappa shape index (κ2) is 8.01. The average Bonchev–Trinajstić information content (AvgIpc) is 2.59. The summed E-state index contributed by atoms with van der Waals surface area (Å²) in [6, 6.07) is 11.8. The van der Waals surface area contributed by atoms with Gasteiger partial charge in [0.05, 0.1) is 19.8 Å². The van der Waals surface area contributed by atoms with Crippen molar-refractivity contribution in [2.45, 2.75) is 32.2 Å². The number of aryl methyl sites for hydroxylation is 1. The van der Waals surface area contributed by atoms with Gasteiger partial charge in [-0.25, -0.2) is 4.39 Å². The predicted octanol–water partition coefficient (Wildman–Crippen LogP) is 3.83. The number of nitrogens with one attached hydrogen (secondary N) is 1. The third-order valence-corrected chi connectivity index (χ3v) is 4.11. The van der Waals surface area contributed by atoms with Crippen LogP contribution in [0, 0.1) is 5.82 Å². The van der Waals surface area contributed by atoms with Crippen molar-refractivity contribution < 1.29 is 18.7 Å². The van der Waals surface area contributed by atoms with Crippen LogP contribution in [-0.4, -0.2) is 20.1 Å². The first-order valence-electron chi connectivity index (χ1n) is 8.13. The predicted molar refractivity (Wildman–Crippen MR) is 95.4 cm³/mol. The minimum Gasteiger partial charge on any atom is -0.493 e. The fourth-order valence-corrected chi connectivity index (χ4v) is 2.64. The Kier molecular flexibility index (Phi) is 6.02. The molecule has 0 aromatic heterocycles. The number of rotatable bonds is 7. The van der Waals surface area contributed by atoms with Gasteiger partial charge in [0.2, 0.25) is 5.91 Å². The number of carbonyl (C=O) groups excluding carboxylic acids is 1. The molecule has 0 radical (unpaired) electrons. The van der Waals surface area contributed by atoms with Crippen molar-refractivity contribution in [1.29, 1.82) is 0 Å². The molecule has 0 saturated carbocycles. The minimum atomic E-state index is -0.567. The van der Waals surface area contributed by atoms with E-state index in [1.54, 1.807) is 26.4 Å². The average molecular weight is 345 g/mol. The number of amides is 1. The number of hydrogen-bond donors (Lipinski definition) is 1. The highest BCUT2D eigenvalue weighted by Crippen LogP contribution is 2.28. The molecule has 2 aromatic carbocycles. The molecule has 0 spiro atoms. The molecule has 0 bridgehead atoms. The fraction of sp³-hybridized carbons (Fsp3) is 0.350. The van der Waals surface area contributed by atoms with Gasteiger partial charge in [0, 0.05) is 6.42 Å². The third kappa shape index (κ3) is 4.95. The summed E-state index contributed by atoms with van der Waals surface area (Å²) < 4.78 is 23.5. The lowest BCUT2D eigenvalue weighted by atomic mass is 9.94. The molecule has 0 unspecified atom stereocenters. The summed E-state index contributed by atoms with van der Waals surface area (Å²) in [6.45, 7) is 3.79. The molecular formula is C20H24FNO3. The maximum Gasteiger partial charge on any atom is 0.221 e. The molecule has 2 aromatic rings. The largest absolute Gasteiger partial charge is 0.493 e. The SMILES string of the molecule is COc1ccc(CCC(=O)NC(C)(C)c2ccc(F)cc2)cc1OC. The Morgan fingerprint density at radius 3 is 2.28 bits per heavy atom. The van der Waals surface area contributed by atoms with Crippen LogP contribution < -0.4 is 14.8 Å². The standard InChI is InChI=1S/C20H24FNO3/c1-20(2,15-7-9-16(21)10-8-15)22-19(23)12-6-14-5-11-17(24-3)18(13-14)25-4/h5,7-11,13H,6,12H2,1-4H3,(H,22,23). The quantitative estimate of drug-likeness (QED) is 0.830. The highest BCUT2D eigenvalue weighted by atomic mass is 19.1. The van der Waals surface area contributed by atoms with Gasteiger partial charge in [0.15, 0.2) is 11.5 Å². The molecule has 25 heavy (non-hydrogen) atoms. The Balaban J connectivity index is 1.97. The number of hydrogen-bond acceptors (Lipinski definition) is 3. The van der Waals surface area contributed by atoms with Crippen LogP contribution in [0.2, 0.25) is 0 Å². The smallest absolute Gasteiger partial charge is 0.221 e. The van der Waals surface area contributed by atoms with Gasteiger partial charge in [-0.3, -0.25) is 4.79 Å². The summed E-state index contributed by atoms with van der Waals surface area (Å²) in [6.07, 6.45) is 0.936. The van der Waals surface area contributed by atoms with Crippen LogP contribution in [0.4, 0.5) is 4.39 Å². The molecule has 1 amide bonds. The topological polar surface area (TPSA) is 47.6 Å². The van der Waals surface area contributed by atoms with E-state index in [4.69, 9.17) is 9.47 Å². The van der Waals surface area contributed by atoms with E-state index in [0.29, 0.717) is 24.3 Å². The van der Waals surface area contributed by atoms with Crippen LogP contribution >= 0.6 is 0 Å². The molecule has 1 N–H and O–H groups in total. The number of benzene rings is 2. The van der Waals surface area contributed by atoms with Gasteiger partial charge in [-0.15, -0.1) is 0 Å². The van der Waals surface area contributed by atoms with E-state index >= 15 is 0 Å². The highest BCUT2D eigenvalue weighted by molar-refractivity contribution is 5.77. The molecule has 4 nitrogen and oxygen atoms in total. The van der Waals surface area contributed by atoms with Gasteiger partial charge in [0.1, 0.15) is 5.82 Å². The Labute approximate surface area is 148 Å². The summed E-state index contributed by atoms with van der Waals surface area (Å²) in [5.41, 5.74) is 1.28. The zero-order valence-electron chi connectivity index (χ0n) is 15.1. The van der Waals surface area contributed by atoms with Crippen LogP contribution in [0.1, 0.15) is 31.4 Å². The summed E-state index contributed by atoms with van der Waals surface area (Å²) in [4.78, 5) is 12.3. The molecule has 0 atom stereocenters. The van der Waals surface area contributed by atoms with Gasteiger partial charge in [-0.05, 0) is 55.7 Å². The summed E-state index contributed by atoms with van der Waals surface area (Å²) in [7, 11) is 3.17. The maximum atomic E-state index is 13.1. The van der Waals surface area contributed by atoms with Crippen molar-refractivity contribution in [3.8, 4) is 11.5 Å². The van der Waals surface area contributed by atoms with Crippen LogP contribution in [-0.2, 0) is 16.8 Å². The monoisotopic (exact) mass is 345 g/mol. The molecule has 0 heterocycles. The van der Waals surface area contributed by atoms with Crippen molar-refractivity contribution in [3.63, 3.8) is 0 Å². The van der Waals surface area contributed by atoms with Crippen molar-refractivity contribution in [1.82, 2.24) is 5.32 Å². The maximum absolute atomic E-state index is 13.1. The zero-order valence-corrected chi connectivity index (χ0v) is 15.1. The second-order valence-corrected chi connectivity index (χ2v) is 6.37. The zero-order chi connectivity index (χ0) is 18.4. The Morgan fingerprint density at radius 1 is 1.04 bits per heavy atom. The van der Waals surface area contributed by atoms with E-state index in [1.807, 2.05) is 32.0 Å². The molecule has 0 fully saturated rings. The molecule has 0 aliphatic rings. The lowest BCUT2D eigenvalue weighted by molar-refractivity contribution is -0.122. The van der Waals surface area contributed by atoms with Gasteiger partial charge in [-0.1, -0.05) is 18.2 Å². The van der Waals surface area contributed by atoms with Gasteiger partial charge >= 0.3 is 0 Å². The van der Waals surface area contributed by atoms with Crippen LogP contribution in [0.15, 0.2) is 42.5 Å².